The lowest BCUT2D eigenvalue weighted by atomic mass is 10.1. The molecular weight excluding hydrogens is 382 g/mol. The maximum Gasteiger partial charge on any atom is 0.325 e. The van der Waals surface area contributed by atoms with Gasteiger partial charge in [0.15, 0.2) is 17.6 Å². The first-order valence-corrected chi connectivity index (χ1v) is 9.21. The quantitative estimate of drug-likeness (QED) is 0.519. The van der Waals surface area contributed by atoms with Gasteiger partial charge in [0.25, 0.3) is 11.8 Å². The molecule has 0 aliphatic carbocycles. The van der Waals surface area contributed by atoms with E-state index in [1.54, 1.807) is 32.0 Å². The van der Waals surface area contributed by atoms with E-state index in [0.29, 0.717) is 17.2 Å². The summed E-state index contributed by atoms with van der Waals surface area (Å²) < 4.78 is 15.6. The predicted octanol–water partition coefficient (Wildman–Crippen LogP) is 1.40. The fraction of sp³-hybridized carbons (Fsp3) is 0.474. The van der Waals surface area contributed by atoms with E-state index in [2.05, 4.69) is 10.6 Å². The third-order valence-electron chi connectivity index (χ3n) is 4.52. The maximum absolute atomic E-state index is 12.2. The Morgan fingerprint density at radius 3 is 2.69 bits per heavy atom. The van der Waals surface area contributed by atoms with Crippen LogP contribution in [0.5, 0.6) is 11.5 Å². The van der Waals surface area contributed by atoms with E-state index in [9.17, 15) is 19.2 Å². The Hall–Kier alpha value is -3.30. The number of rotatable bonds is 7. The van der Waals surface area contributed by atoms with E-state index >= 15 is 0 Å². The number of nitrogens with zero attached hydrogens (tertiary/aromatic N) is 1. The van der Waals surface area contributed by atoms with E-state index in [4.69, 9.17) is 14.2 Å². The van der Waals surface area contributed by atoms with Gasteiger partial charge in [0, 0.05) is 24.7 Å². The fourth-order valence-corrected chi connectivity index (χ4v) is 2.93. The van der Waals surface area contributed by atoms with Crippen molar-refractivity contribution < 1.29 is 33.4 Å². The molecule has 2 N–H and O–H groups in total. The zero-order valence-corrected chi connectivity index (χ0v) is 16.4. The van der Waals surface area contributed by atoms with Gasteiger partial charge in [-0.25, -0.2) is 4.79 Å². The summed E-state index contributed by atoms with van der Waals surface area (Å²) in [7, 11) is 0. The molecule has 2 aliphatic heterocycles. The molecule has 0 aromatic heterocycles. The molecular formula is C19H23N3O7. The highest BCUT2D eigenvalue weighted by molar-refractivity contribution is 6.06. The van der Waals surface area contributed by atoms with Crippen LogP contribution in [-0.4, -0.2) is 53.7 Å². The van der Waals surface area contributed by atoms with Gasteiger partial charge in [0.2, 0.25) is 6.79 Å². The van der Waals surface area contributed by atoms with Gasteiger partial charge in [0.1, 0.15) is 5.54 Å². The number of hydrogen-bond donors (Lipinski definition) is 2. The van der Waals surface area contributed by atoms with Crippen LogP contribution in [0.1, 0.15) is 33.6 Å². The Labute approximate surface area is 167 Å². The molecule has 4 amide bonds. The number of urea groups is 1. The molecule has 1 saturated heterocycles. The van der Waals surface area contributed by atoms with Crippen LogP contribution in [-0.2, 0) is 19.1 Å². The van der Waals surface area contributed by atoms with Gasteiger partial charge in [-0.1, -0.05) is 0 Å². The van der Waals surface area contributed by atoms with Crippen molar-refractivity contribution >= 4 is 29.5 Å². The number of nitrogens with one attached hydrogen (secondary N) is 2. The zero-order chi connectivity index (χ0) is 21.2. The molecule has 156 valence electrons. The average molecular weight is 405 g/mol. The molecule has 29 heavy (non-hydrogen) atoms. The summed E-state index contributed by atoms with van der Waals surface area (Å²) in [6.07, 6.45) is -0.799. The Morgan fingerprint density at radius 1 is 1.28 bits per heavy atom. The second-order valence-corrected chi connectivity index (χ2v) is 7.30. The second kappa shape index (κ2) is 7.98. The first-order chi connectivity index (χ1) is 13.7. The number of ether oxygens (including phenoxy) is 3. The summed E-state index contributed by atoms with van der Waals surface area (Å²) in [5, 5.41) is 5.21. The lowest BCUT2D eigenvalue weighted by molar-refractivity contribution is -0.153. The summed E-state index contributed by atoms with van der Waals surface area (Å²) in [5.74, 6) is -0.308. The minimum atomic E-state index is -1.01. The van der Waals surface area contributed by atoms with Gasteiger partial charge in [0.05, 0.1) is 0 Å². The third kappa shape index (κ3) is 4.58. The van der Waals surface area contributed by atoms with E-state index < -0.39 is 29.6 Å². The average Bonchev–Trinajstić information content (AvgIpc) is 3.18. The standard InChI is InChI=1S/C19H23N3O7/c1-11(16(24)20-12-6-7-13-14(9-12)28-10-27-13)29-15(23)5-4-8-22-17(25)19(2,3)21-18(22)26/h6-7,9,11H,4-5,8,10H2,1-3H3,(H,20,24)(H,21,26)/t11-/m1/s1. The molecule has 2 aliphatic rings. The molecule has 1 atom stereocenters. The smallest absolute Gasteiger partial charge is 0.325 e. The highest BCUT2D eigenvalue weighted by Crippen LogP contribution is 2.34. The normalized spacial score (nSPS) is 17.7. The van der Waals surface area contributed by atoms with Gasteiger partial charge in [-0.3, -0.25) is 19.3 Å². The number of benzene rings is 1. The van der Waals surface area contributed by atoms with Crippen LogP contribution in [0.3, 0.4) is 0 Å². The highest BCUT2D eigenvalue weighted by atomic mass is 16.7. The number of carbonyl (C=O) groups is 4. The molecule has 10 nitrogen and oxygen atoms in total. The molecule has 3 rings (SSSR count). The molecule has 0 spiro atoms. The minimum absolute atomic E-state index is 0.0286. The van der Waals surface area contributed by atoms with Crippen molar-refractivity contribution in [1.82, 2.24) is 10.2 Å². The van der Waals surface area contributed by atoms with Crippen LogP contribution in [0.2, 0.25) is 0 Å². The van der Waals surface area contributed by atoms with Crippen molar-refractivity contribution in [3.8, 4) is 11.5 Å². The van der Waals surface area contributed by atoms with Crippen LogP contribution in [0.25, 0.3) is 0 Å². The lowest BCUT2D eigenvalue weighted by Gasteiger charge is -2.16. The maximum atomic E-state index is 12.2. The number of hydrogen-bond acceptors (Lipinski definition) is 7. The van der Waals surface area contributed by atoms with Crippen LogP contribution in [0, 0.1) is 0 Å². The first-order valence-electron chi connectivity index (χ1n) is 9.21. The Kier molecular flexibility index (Phi) is 5.62. The van der Waals surface area contributed by atoms with Crippen molar-refractivity contribution in [3.05, 3.63) is 18.2 Å². The zero-order valence-electron chi connectivity index (χ0n) is 16.4. The van der Waals surface area contributed by atoms with Gasteiger partial charge in [-0.15, -0.1) is 0 Å². The molecule has 0 saturated carbocycles. The third-order valence-corrected chi connectivity index (χ3v) is 4.52. The number of fused-ring (bicyclic) bond motifs is 1. The Morgan fingerprint density at radius 2 is 2.00 bits per heavy atom. The van der Waals surface area contributed by atoms with Crippen LogP contribution < -0.4 is 20.1 Å². The van der Waals surface area contributed by atoms with E-state index in [0.717, 1.165) is 4.90 Å². The molecule has 1 aromatic carbocycles. The van der Waals surface area contributed by atoms with Crippen molar-refractivity contribution in [2.45, 2.75) is 45.3 Å². The Bertz CT molecular complexity index is 852. The molecule has 2 heterocycles. The predicted molar refractivity (Wildman–Crippen MR) is 100 cm³/mol. The number of anilines is 1. The van der Waals surface area contributed by atoms with E-state index in [-0.39, 0.29) is 32.1 Å². The first kappa shape index (κ1) is 20.4. The topological polar surface area (TPSA) is 123 Å². The largest absolute Gasteiger partial charge is 0.454 e. The molecule has 1 fully saturated rings. The van der Waals surface area contributed by atoms with E-state index in [1.807, 2.05) is 0 Å². The second-order valence-electron chi connectivity index (χ2n) is 7.30. The molecule has 1 aromatic rings. The van der Waals surface area contributed by atoms with Crippen molar-refractivity contribution in [3.63, 3.8) is 0 Å². The van der Waals surface area contributed by atoms with Gasteiger partial charge < -0.3 is 24.8 Å². The van der Waals surface area contributed by atoms with Gasteiger partial charge in [-0.2, -0.15) is 0 Å². The van der Waals surface area contributed by atoms with E-state index in [1.165, 1.54) is 6.92 Å². The number of esters is 1. The molecule has 0 bridgehead atoms. The summed E-state index contributed by atoms with van der Waals surface area (Å²) in [4.78, 5) is 49.2. The van der Waals surface area contributed by atoms with Crippen LogP contribution in [0.15, 0.2) is 18.2 Å². The molecule has 10 heteroatoms. The fourth-order valence-electron chi connectivity index (χ4n) is 2.93. The summed E-state index contributed by atoms with van der Waals surface area (Å²) in [6, 6.07) is 4.46. The number of amides is 4. The van der Waals surface area contributed by atoms with Crippen molar-refractivity contribution in [2.24, 2.45) is 0 Å². The summed E-state index contributed by atoms with van der Waals surface area (Å²) >= 11 is 0. The number of imide groups is 1. The highest BCUT2D eigenvalue weighted by Gasteiger charge is 2.43. The SMILES string of the molecule is C[C@@H](OC(=O)CCCN1C(=O)NC(C)(C)C1=O)C(=O)Nc1ccc2c(c1)OCO2. The van der Waals surface area contributed by atoms with Crippen molar-refractivity contribution in [2.75, 3.05) is 18.7 Å². The monoisotopic (exact) mass is 405 g/mol. The molecule has 0 unspecified atom stereocenters. The summed E-state index contributed by atoms with van der Waals surface area (Å²) in [5.41, 5.74) is -0.456. The van der Waals surface area contributed by atoms with Gasteiger partial charge in [-0.05, 0) is 39.3 Å². The van der Waals surface area contributed by atoms with Gasteiger partial charge >= 0.3 is 12.0 Å². The Balaban J connectivity index is 1.42. The summed E-state index contributed by atoms with van der Waals surface area (Å²) in [6.45, 7) is 4.91. The minimum Gasteiger partial charge on any atom is -0.454 e. The van der Waals surface area contributed by atoms with Crippen LogP contribution >= 0.6 is 0 Å². The molecule has 0 radical (unpaired) electrons. The number of carbonyl (C=O) groups excluding carboxylic acids is 4. The lowest BCUT2D eigenvalue weighted by Crippen LogP contribution is -2.40. The van der Waals surface area contributed by atoms with Crippen LogP contribution in [0.4, 0.5) is 10.5 Å². The van der Waals surface area contributed by atoms with Crippen molar-refractivity contribution in [1.29, 1.82) is 0 Å².